The molecule has 1 aromatic carbocycles. The third-order valence-electron chi connectivity index (χ3n) is 2.22. The Morgan fingerprint density at radius 1 is 1.12 bits per heavy atom. The molecule has 0 aliphatic heterocycles. The fourth-order valence-electron chi connectivity index (χ4n) is 1.49. The molecule has 0 aliphatic rings. The summed E-state index contributed by atoms with van der Waals surface area (Å²) in [4.78, 5) is 0. The van der Waals surface area contributed by atoms with Crippen molar-refractivity contribution in [1.82, 2.24) is 0 Å². The number of aliphatic hydroxyl groups is 1. The first kappa shape index (κ1) is 12.7. The van der Waals surface area contributed by atoms with Crippen LogP contribution in [0.2, 0.25) is 0 Å². The van der Waals surface area contributed by atoms with E-state index in [1.54, 1.807) is 19.1 Å². The number of benzene rings is 1. The molecule has 0 aliphatic carbocycles. The number of aliphatic hydroxyl groups excluding tert-OH is 1. The van der Waals surface area contributed by atoms with Gasteiger partial charge in [-0.3, -0.25) is 0 Å². The molecule has 1 unspecified atom stereocenters. The van der Waals surface area contributed by atoms with Crippen LogP contribution in [0, 0.1) is 6.92 Å². The minimum Gasteiger partial charge on any atom is -0.496 e. The van der Waals surface area contributed by atoms with E-state index in [1.807, 2.05) is 0 Å². The molecule has 0 spiro atoms. The largest absolute Gasteiger partial charge is 0.496 e. The molecule has 1 N–H and O–H groups in total. The fourth-order valence-corrected chi connectivity index (χ4v) is 1.49. The summed E-state index contributed by atoms with van der Waals surface area (Å²) in [5.74, 6) is 0.398. The van der Waals surface area contributed by atoms with E-state index in [1.165, 1.54) is 14.2 Å². The maximum absolute atomic E-state index is 12.5. The molecule has 1 rings (SSSR count). The highest BCUT2D eigenvalue weighted by atomic mass is 19.3. The molecular formula is C11H14F2O3. The Morgan fingerprint density at radius 2 is 1.56 bits per heavy atom. The normalized spacial score (nSPS) is 12.7. The summed E-state index contributed by atoms with van der Waals surface area (Å²) >= 11 is 0. The predicted octanol–water partition coefficient (Wildman–Crippen LogP) is 2.31. The Kier molecular flexibility index (Phi) is 4.06. The van der Waals surface area contributed by atoms with Crippen molar-refractivity contribution in [2.75, 3.05) is 14.2 Å². The van der Waals surface area contributed by atoms with Crippen molar-refractivity contribution in [3.8, 4) is 11.5 Å². The lowest BCUT2D eigenvalue weighted by Crippen LogP contribution is -2.11. The lowest BCUT2D eigenvalue weighted by molar-refractivity contribution is -0.00824. The second-order valence-corrected chi connectivity index (χ2v) is 3.36. The van der Waals surface area contributed by atoms with Crippen LogP contribution in [0.1, 0.15) is 17.2 Å². The van der Waals surface area contributed by atoms with Crippen LogP contribution in [-0.4, -0.2) is 25.8 Å². The summed E-state index contributed by atoms with van der Waals surface area (Å²) in [6.45, 7) is 1.78. The van der Waals surface area contributed by atoms with Crippen LogP contribution >= 0.6 is 0 Å². The lowest BCUT2D eigenvalue weighted by Gasteiger charge is -2.18. The van der Waals surface area contributed by atoms with E-state index in [0.29, 0.717) is 0 Å². The molecule has 90 valence electrons. The summed E-state index contributed by atoms with van der Waals surface area (Å²) < 4.78 is 34.9. The number of methoxy groups -OCH3 is 2. The molecular weight excluding hydrogens is 218 g/mol. The first-order chi connectivity index (χ1) is 7.51. The summed E-state index contributed by atoms with van der Waals surface area (Å²) in [7, 11) is 2.71. The molecule has 0 heterocycles. The second-order valence-electron chi connectivity index (χ2n) is 3.36. The Morgan fingerprint density at radius 3 is 1.88 bits per heavy atom. The van der Waals surface area contributed by atoms with Crippen molar-refractivity contribution < 1.29 is 23.4 Å². The van der Waals surface area contributed by atoms with Gasteiger partial charge in [0.1, 0.15) is 17.6 Å². The first-order valence-electron chi connectivity index (χ1n) is 4.70. The van der Waals surface area contributed by atoms with Gasteiger partial charge in [-0.2, -0.15) is 0 Å². The quantitative estimate of drug-likeness (QED) is 0.865. The molecule has 0 amide bonds. The fraction of sp³-hybridized carbons (Fsp3) is 0.455. The van der Waals surface area contributed by atoms with Crippen LogP contribution in [0.25, 0.3) is 0 Å². The van der Waals surface area contributed by atoms with E-state index in [4.69, 9.17) is 9.47 Å². The van der Waals surface area contributed by atoms with Crippen molar-refractivity contribution in [2.45, 2.75) is 19.5 Å². The van der Waals surface area contributed by atoms with E-state index in [-0.39, 0.29) is 17.1 Å². The van der Waals surface area contributed by atoms with Crippen LogP contribution in [0.15, 0.2) is 12.1 Å². The van der Waals surface area contributed by atoms with Crippen molar-refractivity contribution >= 4 is 0 Å². The van der Waals surface area contributed by atoms with Crippen molar-refractivity contribution in [3.63, 3.8) is 0 Å². The number of hydrogen-bond donors (Lipinski definition) is 1. The molecule has 0 saturated carbocycles. The van der Waals surface area contributed by atoms with Crippen LogP contribution in [0.3, 0.4) is 0 Å². The number of ether oxygens (including phenoxy) is 2. The van der Waals surface area contributed by atoms with Crippen molar-refractivity contribution in [1.29, 1.82) is 0 Å². The van der Waals surface area contributed by atoms with E-state index in [2.05, 4.69) is 0 Å². The molecule has 3 nitrogen and oxygen atoms in total. The van der Waals surface area contributed by atoms with E-state index in [0.717, 1.165) is 5.56 Å². The third-order valence-corrected chi connectivity index (χ3v) is 2.22. The maximum Gasteiger partial charge on any atom is 0.268 e. The van der Waals surface area contributed by atoms with Crippen LogP contribution in [0.5, 0.6) is 11.5 Å². The minimum atomic E-state index is -2.88. The predicted molar refractivity (Wildman–Crippen MR) is 55.2 cm³/mol. The highest BCUT2D eigenvalue weighted by molar-refractivity contribution is 5.49. The average Bonchev–Trinajstić information content (AvgIpc) is 2.26. The van der Waals surface area contributed by atoms with E-state index < -0.39 is 12.5 Å². The van der Waals surface area contributed by atoms with Gasteiger partial charge in [0.15, 0.2) is 0 Å². The average molecular weight is 232 g/mol. The van der Waals surface area contributed by atoms with Gasteiger partial charge in [0.05, 0.1) is 19.8 Å². The molecule has 5 heteroatoms. The monoisotopic (exact) mass is 232 g/mol. The molecule has 1 atom stereocenters. The number of hydrogen-bond acceptors (Lipinski definition) is 3. The Bertz CT molecular complexity index is 341. The molecule has 0 saturated heterocycles. The topological polar surface area (TPSA) is 38.7 Å². The van der Waals surface area contributed by atoms with Gasteiger partial charge in [-0.25, -0.2) is 8.78 Å². The third kappa shape index (κ3) is 2.41. The molecule has 1 aromatic rings. The van der Waals surface area contributed by atoms with Crippen LogP contribution in [0.4, 0.5) is 8.78 Å². The lowest BCUT2D eigenvalue weighted by atomic mass is 10.0. The number of aryl methyl sites for hydroxylation is 1. The molecule has 0 bridgehead atoms. The Labute approximate surface area is 92.6 Å². The summed E-state index contributed by atoms with van der Waals surface area (Å²) in [6.07, 6.45) is -4.80. The van der Waals surface area contributed by atoms with Gasteiger partial charge in [0, 0.05) is 0 Å². The molecule has 0 radical (unpaired) electrons. The van der Waals surface area contributed by atoms with Gasteiger partial charge in [-0.15, -0.1) is 0 Å². The van der Waals surface area contributed by atoms with Crippen molar-refractivity contribution in [3.05, 3.63) is 23.3 Å². The number of halogens is 2. The van der Waals surface area contributed by atoms with Crippen LogP contribution < -0.4 is 9.47 Å². The number of rotatable bonds is 4. The van der Waals surface area contributed by atoms with E-state index in [9.17, 15) is 13.9 Å². The summed E-state index contributed by atoms with van der Waals surface area (Å²) in [5, 5.41) is 9.40. The zero-order valence-corrected chi connectivity index (χ0v) is 9.33. The van der Waals surface area contributed by atoms with Gasteiger partial charge >= 0.3 is 0 Å². The zero-order chi connectivity index (χ0) is 12.3. The van der Waals surface area contributed by atoms with Crippen LogP contribution in [-0.2, 0) is 0 Å². The SMILES string of the molecule is COc1cc(C)cc(OC)c1C(O)C(F)F. The Hall–Kier alpha value is -1.36. The standard InChI is InChI=1S/C11H14F2O3/c1-6-4-7(15-2)9(8(5-6)16-3)10(14)11(12)13/h4-5,10-11,14H,1-3H3. The van der Waals surface area contributed by atoms with Gasteiger partial charge in [-0.1, -0.05) is 0 Å². The van der Waals surface area contributed by atoms with Gasteiger partial charge < -0.3 is 14.6 Å². The number of alkyl halides is 2. The van der Waals surface area contributed by atoms with E-state index >= 15 is 0 Å². The second kappa shape index (κ2) is 5.12. The van der Waals surface area contributed by atoms with Gasteiger partial charge in [0.25, 0.3) is 6.43 Å². The highest BCUT2D eigenvalue weighted by Gasteiger charge is 2.27. The Balaban J connectivity index is 3.32. The molecule has 16 heavy (non-hydrogen) atoms. The van der Waals surface area contributed by atoms with Crippen molar-refractivity contribution in [2.24, 2.45) is 0 Å². The molecule has 0 fully saturated rings. The smallest absolute Gasteiger partial charge is 0.268 e. The van der Waals surface area contributed by atoms with Gasteiger partial charge in [0.2, 0.25) is 0 Å². The first-order valence-corrected chi connectivity index (χ1v) is 4.70. The summed E-state index contributed by atoms with van der Waals surface area (Å²) in [5.41, 5.74) is 0.782. The molecule has 0 aromatic heterocycles. The minimum absolute atomic E-state index is 0.0226. The summed E-state index contributed by atoms with van der Waals surface area (Å²) in [6, 6.07) is 3.15. The van der Waals surface area contributed by atoms with Gasteiger partial charge in [-0.05, 0) is 24.6 Å². The highest BCUT2D eigenvalue weighted by Crippen LogP contribution is 2.37. The maximum atomic E-state index is 12.5. The zero-order valence-electron chi connectivity index (χ0n) is 9.33.